The maximum Gasteiger partial charge on any atom is 0.255 e. The Hall–Kier alpha value is -1.91. The van der Waals surface area contributed by atoms with Crippen LogP contribution in [0.4, 0.5) is 0 Å². The molecule has 0 unspecified atom stereocenters. The van der Waals surface area contributed by atoms with Crippen LogP contribution in [0.3, 0.4) is 0 Å². The van der Waals surface area contributed by atoms with E-state index in [4.69, 9.17) is 10.5 Å². The van der Waals surface area contributed by atoms with Gasteiger partial charge in [0.2, 0.25) is 0 Å². The van der Waals surface area contributed by atoms with Crippen molar-refractivity contribution in [3.05, 3.63) is 57.4 Å². The predicted molar refractivity (Wildman–Crippen MR) is 90.0 cm³/mol. The molecule has 0 radical (unpaired) electrons. The Morgan fingerprint density at radius 2 is 1.95 bits per heavy atom. The molecule has 22 heavy (non-hydrogen) atoms. The third-order valence-corrected chi connectivity index (χ3v) is 3.87. The number of methoxy groups -OCH3 is 1. The van der Waals surface area contributed by atoms with E-state index in [1.807, 2.05) is 16.7 Å². The Morgan fingerprint density at radius 1 is 1.18 bits per heavy atom. The molecule has 0 aliphatic heterocycles. The molecule has 1 aromatic carbocycles. The fourth-order valence-corrected chi connectivity index (χ4v) is 2.61. The van der Waals surface area contributed by atoms with Crippen LogP contribution in [0.15, 0.2) is 35.1 Å². The Labute approximate surface area is 131 Å². The van der Waals surface area contributed by atoms with Gasteiger partial charge in [0.15, 0.2) is 0 Å². The van der Waals surface area contributed by atoms with E-state index in [2.05, 4.69) is 32.0 Å². The van der Waals surface area contributed by atoms with Crippen molar-refractivity contribution < 1.29 is 4.74 Å². The van der Waals surface area contributed by atoms with Gasteiger partial charge >= 0.3 is 0 Å². The number of benzene rings is 1. The van der Waals surface area contributed by atoms with E-state index in [1.165, 1.54) is 5.56 Å². The summed E-state index contributed by atoms with van der Waals surface area (Å²) < 4.78 is 6.93. The maximum absolute atomic E-state index is 12.6. The van der Waals surface area contributed by atoms with Gasteiger partial charge in [0, 0.05) is 37.9 Å². The molecule has 0 atom stereocenters. The summed E-state index contributed by atoms with van der Waals surface area (Å²) in [6.45, 7) is 5.64. The highest BCUT2D eigenvalue weighted by Crippen LogP contribution is 2.24. The minimum Gasteiger partial charge on any atom is -0.385 e. The summed E-state index contributed by atoms with van der Waals surface area (Å²) in [6, 6.07) is 10.1. The van der Waals surface area contributed by atoms with Crippen molar-refractivity contribution in [1.82, 2.24) is 4.57 Å². The first-order valence-corrected chi connectivity index (χ1v) is 7.58. The molecule has 0 spiro atoms. The van der Waals surface area contributed by atoms with Gasteiger partial charge in [-0.05, 0) is 38.0 Å². The van der Waals surface area contributed by atoms with E-state index in [1.54, 1.807) is 7.11 Å². The SMILES string of the molecule is COCCCn1c(-c2cc(C)ccc2C)ccc(CN)c1=O. The van der Waals surface area contributed by atoms with Crippen LogP contribution in [-0.2, 0) is 17.8 Å². The Morgan fingerprint density at radius 3 is 2.64 bits per heavy atom. The molecule has 0 fully saturated rings. The molecular weight excluding hydrogens is 276 g/mol. The van der Waals surface area contributed by atoms with Gasteiger partial charge in [0.05, 0.1) is 5.69 Å². The van der Waals surface area contributed by atoms with Crippen molar-refractivity contribution in [3.63, 3.8) is 0 Å². The van der Waals surface area contributed by atoms with E-state index in [0.717, 1.165) is 23.2 Å². The third kappa shape index (κ3) is 3.46. The number of nitrogens with zero attached hydrogens (tertiary/aromatic N) is 1. The fourth-order valence-electron chi connectivity index (χ4n) is 2.61. The molecule has 4 heteroatoms. The van der Waals surface area contributed by atoms with Crippen molar-refractivity contribution in [2.24, 2.45) is 5.73 Å². The lowest BCUT2D eigenvalue weighted by atomic mass is 10.0. The summed E-state index contributed by atoms with van der Waals surface area (Å²) in [5, 5.41) is 0. The highest BCUT2D eigenvalue weighted by Gasteiger charge is 2.11. The van der Waals surface area contributed by atoms with Crippen molar-refractivity contribution in [2.75, 3.05) is 13.7 Å². The molecule has 1 aromatic heterocycles. The smallest absolute Gasteiger partial charge is 0.255 e. The summed E-state index contributed by atoms with van der Waals surface area (Å²) in [4.78, 5) is 12.6. The van der Waals surface area contributed by atoms with Gasteiger partial charge in [-0.15, -0.1) is 0 Å². The Kier molecular flexibility index (Phi) is 5.52. The summed E-state index contributed by atoms with van der Waals surface area (Å²) >= 11 is 0. The van der Waals surface area contributed by atoms with Gasteiger partial charge in [0.25, 0.3) is 5.56 Å². The predicted octanol–water partition coefficient (Wildman–Crippen LogP) is 2.63. The highest BCUT2D eigenvalue weighted by atomic mass is 16.5. The summed E-state index contributed by atoms with van der Waals surface area (Å²) in [5.74, 6) is 0. The normalized spacial score (nSPS) is 10.9. The summed E-state index contributed by atoms with van der Waals surface area (Å²) in [5.41, 5.74) is 10.7. The second kappa shape index (κ2) is 7.38. The summed E-state index contributed by atoms with van der Waals surface area (Å²) in [6.07, 6.45) is 0.794. The first kappa shape index (κ1) is 16.5. The minimum absolute atomic E-state index is 0.00277. The number of rotatable bonds is 6. The first-order chi connectivity index (χ1) is 10.6. The Bertz CT molecular complexity index is 705. The zero-order valence-corrected chi connectivity index (χ0v) is 13.6. The van der Waals surface area contributed by atoms with Crippen molar-refractivity contribution in [1.29, 1.82) is 0 Å². The van der Waals surface area contributed by atoms with Gasteiger partial charge in [0.1, 0.15) is 0 Å². The average molecular weight is 300 g/mol. The number of ether oxygens (including phenoxy) is 1. The van der Waals surface area contributed by atoms with E-state index in [-0.39, 0.29) is 12.1 Å². The molecule has 0 bridgehead atoms. The molecule has 1 heterocycles. The zero-order valence-electron chi connectivity index (χ0n) is 13.6. The van der Waals surface area contributed by atoms with Crippen LogP contribution in [0.1, 0.15) is 23.1 Å². The first-order valence-electron chi connectivity index (χ1n) is 7.58. The van der Waals surface area contributed by atoms with E-state index >= 15 is 0 Å². The number of hydrogen-bond donors (Lipinski definition) is 1. The third-order valence-electron chi connectivity index (χ3n) is 3.87. The van der Waals surface area contributed by atoms with Crippen LogP contribution >= 0.6 is 0 Å². The molecule has 2 rings (SSSR count). The van der Waals surface area contributed by atoms with Crippen LogP contribution in [-0.4, -0.2) is 18.3 Å². The number of aryl methyl sites for hydroxylation is 2. The van der Waals surface area contributed by atoms with E-state index < -0.39 is 0 Å². The van der Waals surface area contributed by atoms with Gasteiger partial charge in [-0.25, -0.2) is 0 Å². The molecule has 4 nitrogen and oxygen atoms in total. The summed E-state index contributed by atoms with van der Waals surface area (Å²) in [7, 11) is 1.67. The van der Waals surface area contributed by atoms with Crippen molar-refractivity contribution in [2.45, 2.75) is 33.4 Å². The van der Waals surface area contributed by atoms with Crippen molar-refractivity contribution >= 4 is 0 Å². The van der Waals surface area contributed by atoms with Crippen LogP contribution in [0, 0.1) is 13.8 Å². The molecule has 0 amide bonds. The molecule has 118 valence electrons. The van der Waals surface area contributed by atoms with Crippen LogP contribution < -0.4 is 11.3 Å². The Balaban J connectivity index is 2.56. The van der Waals surface area contributed by atoms with E-state index in [0.29, 0.717) is 18.7 Å². The molecule has 0 saturated heterocycles. The lowest BCUT2D eigenvalue weighted by molar-refractivity contribution is 0.190. The second-order valence-electron chi connectivity index (χ2n) is 5.57. The molecule has 0 saturated carbocycles. The highest BCUT2D eigenvalue weighted by molar-refractivity contribution is 5.65. The van der Waals surface area contributed by atoms with Crippen LogP contribution in [0.2, 0.25) is 0 Å². The standard InChI is InChI=1S/C18H24N2O2/c1-13-5-6-14(2)16(11-13)17-8-7-15(12-19)18(21)20(17)9-4-10-22-3/h5-8,11H,4,9-10,12,19H2,1-3H3. The number of pyridine rings is 1. The molecule has 0 aliphatic rings. The lowest BCUT2D eigenvalue weighted by Gasteiger charge is -2.16. The lowest BCUT2D eigenvalue weighted by Crippen LogP contribution is -2.27. The van der Waals surface area contributed by atoms with Crippen LogP contribution in [0.25, 0.3) is 11.3 Å². The van der Waals surface area contributed by atoms with Crippen LogP contribution in [0.5, 0.6) is 0 Å². The fraction of sp³-hybridized carbons (Fsp3) is 0.389. The monoisotopic (exact) mass is 300 g/mol. The van der Waals surface area contributed by atoms with Gasteiger partial charge in [-0.3, -0.25) is 4.79 Å². The second-order valence-corrected chi connectivity index (χ2v) is 5.57. The quantitative estimate of drug-likeness (QED) is 0.834. The number of nitrogens with two attached hydrogens (primary N) is 1. The average Bonchev–Trinajstić information content (AvgIpc) is 2.51. The molecular formula is C18H24N2O2. The largest absolute Gasteiger partial charge is 0.385 e. The molecule has 0 aliphatic carbocycles. The minimum atomic E-state index is -0.00277. The molecule has 2 N–H and O–H groups in total. The maximum atomic E-state index is 12.6. The molecule has 2 aromatic rings. The van der Waals surface area contributed by atoms with Gasteiger partial charge in [-0.1, -0.05) is 23.8 Å². The number of aromatic nitrogens is 1. The van der Waals surface area contributed by atoms with Gasteiger partial charge < -0.3 is 15.0 Å². The topological polar surface area (TPSA) is 57.2 Å². The number of hydrogen-bond acceptors (Lipinski definition) is 3. The van der Waals surface area contributed by atoms with Crippen molar-refractivity contribution in [3.8, 4) is 11.3 Å². The zero-order chi connectivity index (χ0) is 16.1. The van der Waals surface area contributed by atoms with E-state index in [9.17, 15) is 4.79 Å². The van der Waals surface area contributed by atoms with Gasteiger partial charge in [-0.2, -0.15) is 0 Å².